The molecule has 6 heteroatoms. The highest BCUT2D eigenvalue weighted by molar-refractivity contribution is 9.10. The Morgan fingerprint density at radius 2 is 2.22 bits per heavy atom. The standard InChI is InChI=1S/C12H17BrN2O2S/c1-16-7-9(17-2)6-15-8-3-4-10(12(14)18)11(13)5-8/h3-5,9,15H,6-7H2,1-2H3,(H2,14,18). The molecule has 4 nitrogen and oxygen atoms in total. The molecule has 0 aliphatic carbocycles. The third-order valence-corrected chi connectivity index (χ3v) is 3.33. The van der Waals surface area contributed by atoms with Gasteiger partial charge in [-0.25, -0.2) is 0 Å². The molecule has 0 heterocycles. The van der Waals surface area contributed by atoms with Crippen LogP contribution < -0.4 is 11.1 Å². The van der Waals surface area contributed by atoms with Crippen molar-refractivity contribution < 1.29 is 9.47 Å². The summed E-state index contributed by atoms with van der Waals surface area (Å²) in [5.74, 6) is 0. The highest BCUT2D eigenvalue weighted by Gasteiger charge is 2.08. The summed E-state index contributed by atoms with van der Waals surface area (Å²) in [5, 5.41) is 3.27. The van der Waals surface area contributed by atoms with Crippen molar-refractivity contribution in [2.45, 2.75) is 6.10 Å². The number of hydrogen-bond donors (Lipinski definition) is 2. The molecule has 3 N–H and O–H groups in total. The Bertz CT molecular complexity index is 415. The molecule has 1 aromatic carbocycles. The minimum absolute atomic E-state index is 0.0176. The quantitative estimate of drug-likeness (QED) is 0.749. The van der Waals surface area contributed by atoms with Crippen LogP contribution in [0.3, 0.4) is 0 Å². The number of nitrogens with one attached hydrogen (secondary N) is 1. The molecule has 0 amide bonds. The van der Waals surface area contributed by atoms with Crippen LogP contribution in [0.1, 0.15) is 5.56 Å². The van der Waals surface area contributed by atoms with Crippen molar-refractivity contribution in [1.82, 2.24) is 0 Å². The van der Waals surface area contributed by atoms with Crippen LogP contribution in [0.2, 0.25) is 0 Å². The lowest BCUT2D eigenvalue weighted by Gasteiger charge is -2.16. The summed E-state index contributed by atoms with van der Waals surface area (Å²) in [6.07, 6.45) is 0.0176. The first-order valence-electron chi connectivity index (χ1n) is 5.43. The molecule has 1 rings (SSSR count). The van der Waals surface area contributed by atoms with Gasteiger partial charge in [0.1, 0.15) is 4.99 Å². The molecule has 0 saturated heterocycles. The lowest BCUT2D eigenvalue weighted by molar-refractivity contribution is 0.0365. The number of benzene rings is 1. The van der Waals surface area contributed by atoms with Gasteiger partial charge in [-0.15, -0.1) is 0 Å². The molecule has 1 unspecified atom stereocenters. The molecule has 100 valence electrons. The molecule has 1 atom stereocenters. The van der Waals surface area contributed by atoms with Gasteiger partial charge in [0.25, 0.3) is 0 Å². The van der Waals surface area contributed by atoms with Gasteiger partial charge in [0.2, 0.25) is 0 Å². The number of hydrogen-bond acceptors (Lipinski definition) is 4. The van der Waals surface area contributed by atoms with Crippen molar-refractivity contribution in [3.05, 3.63) is 28.2 Å². The number of methoxy groups -OCH3 is 2. The number of halogens is 1. The minimum atomic E-state index is 0.0176. The molecule has 0 saturated carbocycles. The zero-order valence-electron chi connectivity index (χ0n) is 10.4. The summed E-state index contributed by atoms with van der Waals surface area (Å²) >= 11 is 8.38. The van der Waals surface area contributed by atoms with E-state index in [9.17, 15) is 0 Å². The van der Waals surface area contributed by atoms with E-state index in [1.54, 1.807) is 14.2 Å². The Kier molecular flexibility index (Phi) is 6.56. The van der Waals surface area contributed by atoms with Gasteiger partial charge >= 0.3 is 0 Å². The molecule has 0 radical (unpaired) electrons. The molecule has 0 aliphatic rings. The summed E-state index contributed by atoms with van der Waals surface area (Å²) < 4.78 is 11.2. The first-order chi connectivity index (χ1) is 8.58. The second-order valence-electron chi connectivity index (χ2n) is 3.75. The molecule has 0 spiro atoms. The van der Waals surface area contributed by atoms with Gasteiger partial charge in [-0.2, -0.15) is 0 Å². The molecule has 1 aromatic rings. The van der Waals surface area contributed by atoms with E-state index in [-0.39, 0.29) is 6.10 Å². The number of thiocarbonyl (C=S) groups is 1. The maximum absolute atomic E-state index is 5.59. The second-order valence-corrected chi connectivity index (χ2v) is 5.05. The normalized spacial score (nSPS) is 12.2. The van der Waals surface area contributed by atoms with Gasteiger partial charge in [-0.3, -0.25) is 0 Å². The van der Waals surface area contributed by atoms with Crippen molar-refractivity contribution >= 4 is 38.8 Å². The highest BCUT2D eigenvalue weighted by Crippen LogP contribution is 2.21. The van der Waals surface area contributed by atoms with Crippen molar-refractivity contribution in [3.63, 3.8) is 0 Å². The van der Waals surface area contributed by atoms with Gasteiger partial charge in [0, 0.05) is 36.5 Å². The fourth-order valence-electron chi connectivity index (χ4n) is 1.45. The summed E-state index contributed by atoms with van der Waals surface area (Å²) in [7, 11) is 3.32. The average molecular weight is 333 g/mol. The van der Waals surface area contributed by atoms with Crippen LogP contribution in [-0.2, 0) is 9.47 Å². The van der Waals surface area contributed by atoms with Gasteiger partial charge in [-0.05, 0) is 34.1 Å². The van der Waals surface area contributed by atoms with Crippen LogP contribution in [-0.4, -0.2) is 38.5 Å². The SMILES string of the molecule is COCC(CNc1ccc(C(N)=S)c(Br)c1)OC. The highest BCUT2D eigenvalue weighted by atomic mass is 79.9. The third kappa shape index (κ3) is 4.53. The maximum atomic E-state index is 5.59. The maximum Gasteiger partial charge on any atom is 0.105 e. The Hall–Kier alpha value is -0.690. The van der Waals surface area contributed by atoms with E-state index in [2.05, 4.69) is 21.2 Å². The van der Waals surface area contributed by atoms with Crippen LogP contribution >= 0.6 is 28.1 Å². The Balaban J connectivity index is 2.63. The van der Waals surface area contributed by atoms with Crippen molar-refractivity contribution in [2.75, 3.05) is 32.7 Å². The predicted octanol–water partition coefficient (Wildman–Crippen LogP) is 2.16. The van der Waals surface area contributed by atoms with Crippen LogP contribution in [0.15, 0.2) is 22.7 Å². The van der Waals surface area contributed by atoms with Crippen LogP contribution in [0.5, 0.6) is 0 Å². The Morgan fingerprint density at radius 1 is 1.50 bits per heavy atom. The van der Waals surface area contributed by atoms with E-state index >= 15 is 0 Å². The van der Waals surface area contributed by atoms with E-state index in [1.807, 2.05) is 18.2 Å². The minimum Gasteiger partial charge on any atom is -0.389 e. The fourth-order valence-corrected chi connectivity index (χ4v) is 2.35. The lowest BCUT2D eigenvalue weighted by atomic mass is 10.2. The van der Waals surface area contributed by atoms with Gasteiger partial charge in [0.05, 0.1) is 12.7 Å². The van der Waals surface area contributed by atoms with Crippen LogP contribution in [0, 0.1) is 0 Å². The van der Waals surface area contributed by atoms with E-state index in [1.165, 1.54) is 0 Å². The second kappa shape index (κ2) is 7.68. The fraction of sp³-hybridized carbons (Fsp3) is 0.417. The van der Waals surface area contributed by atoms with E-state index in [4.69, 9.17) is 27.4 Å². The number of rotatable bonds is 7. The largest absolute Gasteiger partial charge is 0.389 e. The zero-order valence-corrected chi connectivity index (χ0v) is 12.8. The third-order valence-electron chi connectivity index (χ3n) is 2.45. The van der Waals surface area contributed by atoms with Crippen molar-refractivity contribution in [3.8, 4) is 0 Å². The average Bonchev–Trinajstić information content (AvgIpc) is 2.34. The summed E-state index contributed by atoms with van der Waals surface area (Å²) in [6, 6.07) is 5.75. The number of ether oxygens (including phenoxy) is 2. The van der Waals surface area contributed by atoms with Gasteiger partial charge in [-0.1, -0.05) is 12.2 Å². The molecule has 0 bridgehead atoms. The zero-order chi connectivity index (χ0) is 13.5. The van der Waals surface area contributed by atoms with E-state index in [0.29, 0.717) is 18.1 Å². The molecule has 0 aliphatic heterocycles. The smallest absolute Gasteiger partial charge is 0.105 e. The molecule has 18 heavy (non-hydrogen) atoms. The summed E-state index contributed by atoms with van der Waals surface area (Å²) in [4.78, 5) is 0.377. The van der Waals surface area contributed by atoms with Gasteiger partial charge in [0.15, 0.2) is 0 Å². The first kappa shape index (κ1) is 15.4. The lowest BCUT2D eigenvalue weighted by Crippen LogP contribution is -2.26. The summed E-state index contributed by atoms with van der Waals surface area (Å²) in [6.45, 7) is 1.22. The Morgan fingerprint density at radius 3 is 2.72 bits per heavy atom. The Labute approximate surface area is 121 Å². The predicted molar refractivity (Wildman–Crippen MR) is 81.2 cm³/mol. The van der Waals surface area contributed by atoms with Crippen LogP contribution in [0.25, 0.3) is 0 Å². The molecule has 0 fully saturated rings. The van der Waals surface area contributed by atoms with E-state index in [0.717, 1.165) is 15.7 Å². The summed E-state index contributed by atoms with van der Waals surface area (Å²) in [5.41, 5.74) is 7.39. The topological polar surface area (TPSA) is 56.5 Å². The van der Waals surface area contributed by atoms with Crippen molar-refractivity contribution in [1.29, 1.82) is 0 Å². The molecule has 0 aromatic heterocycles. The number of nitrogens with two attached hydrogens (primary N) is 1. The van der Waals surface area contributed by atoms with Gasteiger partial charge < -0.3 is 20.5 Å². The first-order valence-corrected chi connectivity index (χ1v) is 6.63. The molecular weight excluding hydrogens is 316 g/mol. The van der Waals surface area contributed by atoms with E-state index < -0.39 is 0 Å². The van der Waals surface area contributed by atoms with Crippen LogP contribution in [0.4, 0.5) is 5.69 Å². The monoisotopic (exact) mass is 332 g/mol. The number of anilines is 1. The van der Waals surface area contributed by atoms with Crippen molar-refractivity contribution in [2.24, 2.45) is 5.73 Å². The molecular formula is C12H17BrN2O2S.